The van der Waals surface area contributed by atoms with Crippen LogP contribution in [-0.2, 0) is 10.5 Å². The first-order valence-corrected chi connectivity index (χ1v) is 9.86. The lowest BCUT2D eigenvalue weighted by molar-refractivity contribution is -0.161. The Kier molecular flexibility index (Phi) is 3.35. The summed E-state index contributed by atoms with van der Waals surface area (Å²) in [6, 6.07) is 23.0. The van der Waals surface area contributed by atoms with Crippen LogP contribution in [0.15, 0.2) is 77.9 Å². The van der Waals surface area contributed by atoms with E-state index >= 15 is 0 Å². The summed E-state index contributed by atoms with van der Waals surface area (Å²) in [7, 11) is 0. The topological polar surface area (TPSA) is 53.9 Å². The van der Waals surface area contributed by atoms with Gasteiger partial charge < -0.3 is 10.1 Å². The highest BCUT2D eigenvalue weighted by Gasteiger charge is 2.60. The number of benzene rings is 3. The number of carbonyl (C=O) groups excluding carboxylic acids is 1. The molecule has 2 atom stereocenters. The van der Waals surface area contributed by atoms with Crippen LogP contribution in [0.3, 0.4) is 0 Å². The van der Waals surface area contributed by atoms with E-state index in [0.717, 1.165) is 28.1 Å². The zero-order chi connectivity index (χ0) is 19.6. The van der Waals surface area contributed by atoms with Gasteiger partial charge in [-0.25, -0.2) is 5.01 Å². The molecule has 0 unspecified atom stereocenters. The zero-order valence-corrected chi connectivity index (χ0v) is 16.1. The van der Waals surface area contributed by atoms with Crippen molar-refractivity contribution in [3.8, 4) is 5.75 Å². The minimum absolute atomic E-state index is 0.0949. The molecule has 0 saturated heterocycles. The molecular formula is C23H16ClN3O2. The quantitative estimate of drug-likeness (QED) is 0.643. The van der Waals surface area contributed by atoms with Gasteiger partial charge in [-0.2, -0.15) is 5.10 Å². The Labute approximate surface area is 172 Å². The molecule has 0 bridgehead atoms. The summed E-state index contributed by atoms with van der Waals surface area (Å²) in [4.78, 5) is 13.3. The number of halogens is 1. The maximum absolute atomic E-state index is 13.3. The van der Waals surface area contributed by atoms with Crippen molar-refractivity contribution in [2.45, 2.75) is 18.2 Å². The molecule has 0 fully saturated rings. The fraction of sp³-hybridized carbons (Fsp3) is 0.130. The van der Waals surface area contributed by atoms with Crippen LogP contribution in [0.1, 0.15) is 29.2 Å². The lowest BCUT2D eigenvalue weighted by atomic mass is 9.92. The van der Waals surface area contributed by atoms with Gasteiger partial charge in [0.1, 0.15) is 5.75 Å². The molecule has 6 rings (SSSR count). The Balaban J connectivity index is 1.56. The first-order valence-electron chi connectivity index (χ1n) is 9.48. The fourth-order valence-electron chi connectivity index (χ4n) is 4.46. The average molecular weight is 402 g/mol. The van der Waals surface area contributed by atoms with Crippen LogP contribution < -0.4 is 10.1 Å². The molecule has 1 amide bonds. The number of hydrogen-bond acceptors (Lipinski definition) is 4. The Bertz CT molecular complexity index is 1190. The van der Waals surface area contributed by atoms with Crippen molar-refractivity contribution in [3.63, 3.8) is 0 Å². The van der Waals surface area contributed by atoms with Gasteiger partial charge in [-0.1, -0.05) is 60.1 Å². The minimum Gasteiger partial charge on any atom is -0.453 e. The molecule has 142 valence electrons. The van der Waals surface area contributed by atoms with E-state index in [-0.39, 0.29) is 11.9 Å². The first kappa shape index (κ1) is 16.6. The van der Waals surface area contributed by atoms with Gasteiger partial charge in [0.05, 0.1) is 23.0 Å². The van der Waals surface area contributed by atoms with Crippen molar-refractivity contribution in [2.75, 3.05) is 5.32 Å². The highest BCUT2D eigenvalue weighted by Crippen LogP contribution is 2.53. The standard InChI is InChI=1S/C23H16ClN3O2/c24-15-11-9-14(10-12-15)19-13-20-16-5-1-4-8-21(16)29-23(27(20)26-19)17-6-2-3-7-18(17)25-22(23)28/h1-12,20H,13H2,(H,25,28)/t20-,23-/m0/s1. The summed E-state index contributed by atoms with van der Waals surface area (Å²) < 4.78 is 6.42. The predicted molar refractivity (Wildman–Crippen MR) is 111 cm³/mol. The summed E-state index contributed by atoms with van der Waals surface area (Å²) in [5.41, 5.74) is 3.15. The molecule has 1 N–H and O–H groups in total. The molecule has 0 aromatic heterocycles. The van der Waals surface area contributed by atoms with E-state index < -0.39 is 5.72 Å². The van der Waals surface area contributed by atoms with Crippen LogP contribution in [0.25, 0.3) is 0 Å². The van der Waals surface area contributed by atoms with Crippen molar-refractivity contribution >= 4 is 28.9 Å². The molecule has 3 heterocycles. The molecule has 5 nitrogen and oxygen atoms in total. The van der Waals surface area contributed by atoms with E-state index in [1.165, 1.54) is 0 Å². The van der Waals surface area contributed by atoms with Crippen LogP contribution in [0, 0.1) is 0 Å². The number of rotatable bonds is 1. The highest BCUT2D eigenvalue weighted by atomic mass is 35.5. The minimum atomic E-state index is -1.32. The average Bonchev–Trinajstić information content (AvgIpc) is 3.30. The number of amides is 1. The molecule has 0 saturated carbocycles. The smallest absolute Gasteiger partial charge is 0.306 e. The first-order chi connectivity index (χ1) is 14.2. The van der Waals surface area contributed by atoms with E-state index in [1.807, 2.05) is 77.8 Å². The second-order valence-electron chi connectivity index (χ2n) is 7.40. The Morgan fingerprint density at radius 1 is 1.03 bits per heavy atom. The van der Waals surface area contributed by atoms with Crippen molar-refractivity contribution in [2.24, 2.45) is 5.10 Å². The van der Waals surface area contributed by atoms with Crippen LogP contribution in [-0.4, -0.2) is 16.6 Å². The summed E-state index contributed by atoms with van der Waals surface area (Å²) in [5, 5.41) is 10.4. The normalized spacial score (nSPS) is 23.8. The lowest BCUT2D eigenvalue weighted by Gasteiger charge is -2.43. The van der Waals surface area contributed by atoms with Gasteiger partial charge in [-0.05, 0) is 29.8 Å². The number of nitrogens with one attached hydrogen (secondary N) is 1. The van der Waals surface area contributed by atoms with Crippen LogP contribution in [0.4, 0.5) is 5.69 Å². The number of anilines is 1. The zero-order valence-electron chi connectivity index (χ0n) is 15.3. The van der Waals surface area contributed by atoms with Crippen molar-refractivity contribution < 1.29 is 9.53 Å². The molecule has 3 aliphatic heterocycles. The van der Waals surface area contributed by atoms with Crippen LogP contribution >= 0.6 is 11.6 Å². The van der Waals surface area contributed by atoms with Crippen molar-refractivity contribution in [3.05, 3.63) is 94.5 Å². The van der Waals surface area contributed by atoms with Gasteiger partial charge in [-0.15, -0.1) is 0 Å². The van der Waals surface area contributed by atoms with E-state index in [9.17, 15) is 4.79 Å². The Morgan fingerprint density at radius 2 is 1.79 bits per heavy atom. The number of hydrogen-bond donors (Lipinski definition) is 1. The maximum Gasteiger partial charge on any atom is 0.306 e. The van der Waals surface area contributed by atoms with Crippen LogP contribution in [0.5, 0.6) is 5.75 Å². The van der Waals surface area contributed by atoms with Gasteiger partial charge in [0, 0.05) is 17.0 Å². The second-order valence-corrected chi connectivity index (χ2v) is 7.84. The van der Waals surface area contributed by atoms with Gasteiger partial charge in [0.25, 0.3) is 5.91 Å². The number of ether oxygens (including phenoxy) is 1. The van der Waals surface area contributed by atoms with Gasteiger partial charge in [0.15, 0.2) is 0 Å². The molecule has 3 aliphatic rings. The molecular weight excluding hydrogens is 386 g/mol. The summed E-state index contributed by atoms with van der Waals surface area (Å²) in [6.45, 7) is 0. The van der Waals surface area contributed by atoms with E-state index in [2.05, 4.69) is 5.32 Å². The molecule has 3 aromatic carbocycles. The largest absolute Gasteiger partial charge is 0.453 e. The summed E-state index contributed by atoms with van der Waals surface area (Å²) >= 11 is 6.06. The Hall–Kier alpha value is -3.31. The number of fused-ring (bicyclic) bond motifs is 6. The number of nitrogens with zero attached hydrogens (tertiary/aromatic N) is 2. The Morgan fingerprint density at radius 3 is 2.66 bits per heavy atom. The molecule has 3 aromatic rings. The van der Waals surface area contributed by atoms with E-state index in [1.54, 1.807) is 0 Å². The lowest BCUT2D eigenvalue weighted by Crippen LogP contribution is -2.55. The SMILES string of the molecule is O=C1Nc2ccccc2[C@]12Oc1ccccc1[C@@H]1CC(c3ccc(Cl)cc3)=NN12. The second kappa shape index (κ2) is 5.84. The van der Waals surface area contributed by atoms with E-state index in [0.29, 0.717) is 17.2 Å². The number of carbonyl (C=O) groups is 1. The van der Waals surface area contributed by atoms with Gasteiger partial charge in [-0.3, -0.25) is 4.79 Å². The van der Waals surface area contributed by atoms with Crippen molar-refractivity contribution in [1.82, 2.24) is 5.01 Å². The van der Waals surface area contributed by atoms with Crippen molar-refractivity contribution in [1.29, 1.82) is 0 Å². The molecule has 6 heteroatoms. The highest BCUT2D eigenvalue weighted by molar-refractivity contribution is 6.30. The predicted octanol–water partition coefficient (Wildman–Crippen LogP) is 4.69. The summed E-state index contributed by atoms with van der Waals surface area (Å²) in [6.07, 6.45) is 0.680. The summed E-state index contributed by atoms with van der Waals surface area (Å²) in [5.74, 6) is 0.493. The maximum atomic E-state index is 13.3. The molecule has 0 radical (unpaired) electrons. The number of hydrazone groups is 1. The third-order valence-electron chi connectivity index (χ3n) is 5.79. The van der Waals surface area contributed by atoms with Gasteiger partial charge in [0.2, 0.25) is 0 Å². The third-order valence-corrected chi connectivity index (χ3v) is 6.05. The molecule has 0 aliphatic carbocycles. The van der Waals surface area contributed by atoms with Gasteiger partial charge >= 0.3 is 5.72 Å². The van der Waals surface area contributed by atoms with Crippen LogP contribution in [0.2, 0.25) is 5.02 Å². The molecule has 1 spiro atoms. The number of para-hydroxylation sites is 2. The third kappa shape index (κ3) is 2.22. The van der Waals surface area contributed by atoms with E-state index in [4.69, 9.17) is 21.4 Å². The molecule has 29 heavy (non-hydrogen) atoms. The fourth-order valence-corrected chi connectivity index (χ4v) is 4.59. The monoisotopic (exact) mass is 401 g/mol.